The number of ether oxygens (including phenoxy) is 7. The highest BCUT2D eigenvalue weighted by Gasteiger charge is 2.35. The lowest BCUT2D eigenvalue weighted by atomic mass is 10.1. The van der Waals surface area contributed by atoms with E-state index in [1.165, 1.54) is 133 Å². The minimum atomic E-state index is -0.656. The van der Waals surface area contributed by atoms with Gasteiger partial charge in [0.2, 0.25) is 0 Å². The molecule has 1 fully saturated rings. The highest BCUT2D eigenvalue weighted by molar-refractivity contribution is 5.71. The summed E-state index contributed by atoms with van der Waals surface area (Å²) >= 11 is 0. The van der Waals surface area contributed by atoms with Gasteiger partial charge >= 0.3 is 18.0 Å². The molecule has 1 rings (SSSR count). The number of amides is 1. The van der Waals surface area contributed by atoms with Crippen molar-refractivity contribution in [1.29, 1.82) is 0 Å². The highest BCUT2D eigenvalue weighted by atomic mass is 16.7. The molecule has 1 unspecified atom stereocenters. The number of carbonyl (C=O) groups excluding carboxylic acids is 3. The van der Waals surface area contributed by atoms with Crippen LogP contribution in [0.3, 0.4) is 0 Å². The van der Waals surface area contributed by atoms with Crippen LogP contribution in [0.5, 0.6) is 0 Å². The van der Waals surface area contributed by atoms with Crippen molar-refractivity contribution in [1.82, 2.24) is 9.80 Å². The Morgan fingerprint density at radius 1 is 0.435 bits per heavy atom. The van der Waals surface area contributed by atoms with Crippen LogP contribution in [-0.4, -0.2) is 118 Å². The summed E-state index contributed by atoms with van der Waals surface area (Å²) in [6.07, 6.45) is 32.8. The first-order chi connectivity index (χ1) is 33.8. The molecular formula is C57H110N2O10. The summed E-state index contributed by atoms with van der Waals surface area (Å²) < 4.78 is 42.7. The fourth-order valence-corrected chi connectivity index (χ4v) is 8.89. The maximum Gasteiger partial charge on any atom is 0.410 e. The van der Waals surface area contributed by atoms with Gasteiger partial charge in [-0.2, -0.15) is 0 Å². The Morgan fingerprint density at radius 2 is 0.754 bits per heavy atom. The largest absolute Gasteiger partial charge is 0.460 e. The summed E-state index contributed by atoms with van der Waals surface area (Å²) in [4.78, 5) is 44.3. The van der Waals surface area contributed by atoms with Gasteiger partial charge < -0.3 is 43.0 Å². The number of hydrogen-bond donors (Lipinski definition) is 0. The molecule has 1 aliphatic rings. The second kappa shape index (κ2) is 48.3. The fourth-order valence-electron chi connectivity index (χ4n) is 8.89. The molecule has 0 aromatic rings. The number of unbranched alkanes of at least 4 members (excludes halogenated alkanes) is 24. The van der Waals surface area contributed by atoms with E-state index >= 15 is 0 Å². The number of carbonyl (C=O) groups is 3. The van der Waals surface area contributed by atoms with Crippen LogP contribution in [0.1, 0.15) is 260 Å². The lowest BCUT2D eigenvalue weighted by Gasteiger charge is -2.36. The maximum atomic E-state index is 13.5. The Morgan fingerprint density at radius 3 is 1.07 bits per heavy atom. The molecular weight excluding hydrogens is 873 g/mol. The van der Waals surface area contributed by atoms with Crippen molar-refractivity contribution in [3.63, 3.8) is 0 Å². The molecule has 408 valence electrons. The summed E-state index contributed by atoms with van der Waals surface area (Å²) in [7, 11) is 0. The van der Waals surface area contributed by atoms with Crippen molar-refractivity contribution in [2.75, 3.05) is 65.8 Å². The predicted octanol–water partition coefficient (Wildman–Crippen LogP) is 14.7. The van der Waals surface area contributed by atoms with E-state index in [2.05, 4.69) is 46.4 Å². The van der Waals surface area contributed by atoms with E-state index in [1.54, 1.807) is 0 Å². The Labute approximate surface area is 424 Å². The SMILES string of the molecule is CCCCCCCCCOC(CCC(=O)OC1C[C@H](OC(=O)CCC(OCCCCCCCCC)OCCCCCCCCC)CN(C(=O)OCCCN(CC)CC)C1)OCCCCCCCCC. The van der Waals surface area contributed by atoms with E-state index in [-0.39, 0.29) is 44.5 Å². The quantitative estimate of drug-likeness (QED) is 0.0251. The summed E-state index contributed by atoms with van der Waals surface area (Å²) in [5.41, 5.74) is 0. The zero-order valence-electron chi connectivity index (χ0n) is 45.9. The average molecular weight is 984 g/mol. The molecule has 0 bridgehead atoms. The van der Waals surface area contributed by atoms with Gasteiger partial charge in [0.15, 0.2) is 12.6 Å². The predicted molar refractivity (Wildman–Crippen MR) is 282 cm³/mol. The maximum absolute atomic E-state index is 13.5. The summed E-state index contributed by atoms with van der Waals surface area (Å²) in [5.74, 6) is -0.773. The molecule has 1 heterocycles. The van der Waals surface area contributed by atoms with Crippen molar-refractivity contribution in [3.8, 4) is 0 Å². The third kappa shape index (κ3) is 39.3. The molecule has 0 radical (unpaired) electrons. The molecule has 1 saturated heterocycles. The van der Waals surface area contributed by atoms with E-state index in [9.17, 15) is 14.4 Å². The number of rotatable bonds is 50. The van der Waals surface area contributed by atoms with Crippen molar-refractivity contribution < 1.29 is 47.5 Å². The second-order valence-corrected chi connectivity index (χ2v) is 19.8. The average Bonchev–Trinajstić information content (AvgIpc) is 3.34. The monoisotopic (exact) mass is 983 g/mol. The minimum absolute atomic E-state index is 0.120. The summed E-state index contributed by atoms with van der Waals surface area (Å²) in [6.45, 7) is 18.9. The highest BCUT2D eigenvalue weighted by Crippen LogP contribution is 2.22. The van der Waals surface area contributed by atoms with Gasteiger partial charge in [-0.25, -0.2) is 4.79 Å². The zero-order valence-corrected chi connectivity index (χ0v) is 45.9. The smallest absolute Gasteiger partial charge is 0.410 e. The Bertz CT molecular complexity index is 1050. The number of hydrogen-bond acceptors (Lipinski definition) is 11. The molecule has 2 atom stereocenters. The first-order valence-electron chi connectivity index (χ1n) is 29.3. The lowest BCUT2D eigenvalue weighted by molar-refractivity contribution is -0.170. The first-order valence-corrected chi connectivity index (χ1v) is 29.3. The molecule has 0 saturated carbocycles. The van der Waals surface area contributed by atoms with Crippen molar-refractivity contribution >= 4 is 18.0 Å². The molecule has 0 aromatic heterocycles. The molecule has 0 aromatic carbocycles. The number of likely N-dealkylation sites (tertiary alicyclic amines) is 1. The van der Waals surface area contributed by atoms with Crippen LogP contribution in [0.4, 0.5) is 4.79 Å². The van der Waals surface area contributed by atoms with Gasteiger partial charge in [-0.15, -0.1) is 0 Å². The van der Waals surface area contributed by atoms with Crippen LogP contribution in [0.2, 0.25) is 0 Å². The Balaban J connectivity index is 2.90. The topological polar surface area (TPSA) is 122 Å². The van der Waals surface area contributed by atoms with Gasteiger partial charge in [0.25, 0.3) is 0 Å². The van der Waals surface area contributed by atoms with Crippen LogP contribution in [0.15, 0.2) is 0 Å². The van der Waals surface area contributed by atoms with Gasteiger partial charge in [-0.05, 0) is 45.2 Å². The first kappa shape index (κ1) is 65.0. The van der Waals surface area contributed by atoms with Crippen LogP contribution < -0.4 is 0 Å². The van der Waals surface area contributed by atoms with E-state index in [4.69, 9.17) is 33.2 Å². The van der Waals surface area contributed by atoms with Crippen LogP contribution in [0.25, 0.3) is 0 Å². The number of nitrogens with zero attached hydrogens (tertiary/aromatic N) is 2. The second-order valence-electron chi connectivity index (χ2n) is 19.8. The van der Waals surface area contributed by atoms with Gasteiger partial charge in [0, 0.05) is 52.2 Å². The van der Waals surface area contributed by atoms with Crippen LogP contribution in [0, 0.1) is 0 Å². The standard InChI is InChI=1S/C57H110N2O10/c1-7-13-17-21-25-29-33-43-63-55(64-44-34-30-26-22-18-14-8-2)40-38-53(60)68-51-48-52(50-59(49-51)57(62)67-47-37-42-58(11-5)12-6)69-54(61)39-41-56(65-45-35-31-27-23-19-15-9-3)66-46-36-32-28-24-20-16-10-4/h51-52,55-56H,7-50H2,1-6H3/t51-,52?/m0/s1. The zero-order chi connectivity index (χ0) is 50.3. The van der Waals surface area contributed by atoms with E-state index < -0.39 is 30.9 Å². The van der Waals surface area contributed by atoms with Crippen molar-refractivity contribution in [2.45, 2.75) is 285 Å². The van der Waals surface area contributed by atoms with E-state index in [0.717, 1.165) is 71.0 Å². The molecule has 1 amide bonds. The van der Waals surface area contributed by atoms with Crippen molar-refractivity contribution in [3.05, 3.63) is 0 Å². The molecule has 1 aliphatic heterocycles. The van der Waals surface area contributed by atoms with E-state index in [0.29, 0.717) is 52.1 Å². The third-order valence-electron chi connectivity index (χ3n) is 13.3. The normalized spacial score (nSPS) is 15.2. The summed E-state index contributed by atoms with van der Waals surface area (Å²) in [6, 6.07) is 0. The summed E-state index contributed by atoms with van der Waals surface area (Å²) in [5, 5.41) is 0. The lowest BCUT2D eigenvalue weighted by Crippen LogP contribution is -2.51. The van der Waals surface area contributed by atoms with Gasteiger partial charge in [-0.1, -0.05) is 196 Å². The third-order valence-corrected chi connectivity index (χ3v) is 13.3. The van der Waals surface area contributed by atoms with Crippen molar-refractivity contribution in [2.24, 2.45) is 0 Å². The Hall–Kier alpha value is -1.99. The van der Waals surface area contributed by atoms with Gasteiger partial charge in [0.1, 0.15) is 12.2 Å². The molecule has 12 nitrogen and oxygen atoms in total. The molecule has 69 heavy (non-hydrogen) atoms. The molecule has 0 aliphatic carbocycles. The van der Waals surface area contributed by atoms with Gasteiger partial charge in [0.05, 0.1) is 32.5 Å². The van der Waals surface area contributed by atoms with Crippen LogP contribution in [-0.2, 0) is 42.7 Å². The Kier molecular flexibility index (Phi) is 45.5. The molecule has 0 N–H and O–H groups in total. The molecule has 0 spiro atoms. The number of piperidine rings is 1. The van der Waals surface area contributed by atoms with Crippen LogP contribution >= 0.6 is 0 Å². The minimum Gasteiger partial charge on any atom is -0.460 e. The van der Waals surface area contributed by atoms with Gasteiger partial charge in [-0.3, -0.25) is 9.59 Å². The van der Waals surface area contributed by atoms with E-state index in [1.807, 2.05) is 0 Å². The fraction of sp³-hybridized carbons (Fsp3) is 0.947. The molecule has 12 heteroatoms. The number of esters is 2.